The number of primary amides is 1. The second-order valence-electron chi connectivity index (χ2n) is 3.33. The summed E-state index contributed by atoms with van der Waals surface area (Å²) in [5, 5.41) is 0. The highest BCUT2D eigenvalue weighted by Crippen LogP contribution is 1.93. The van der Waals surface area contributed by atoms with Gasteiger partial charge in [0.05, 0.1) is 0 Å². The first-order valence-electron chi connectivity index (χ1n) is 5.41. The topological polar surface area (TPSA) is 87.6 Å². The van der Waals surface area contributed by atoms with Gasteiger partial charge in [-0.2, -0.15) is 0 Å². The van der Waals surface area contributed by atoms with Crippen molar-refractivity contribution < 1.29 is 14.3 Å². The van der Waals surface area contributed by atoms with E-state index in [1.54, 1.807) is 0 Å². The Morgan fingerprint density at radius 2 is 1.47 bits per heavy atom. The predicted octanol–water partition coefficient (Wildman–Crippen LogP) is 0.0240. The smallest absolute Gasteiger partial charge is 0.243 e. The lowest BCUT2D eigenvalue weighted by Crippen LogP contribution is -2.18. The zero-order chi connectivity index (χ0) is 11.4. The van der Waals surface area contributed by atoms with Crippen LogP contribution in [0.4, 0.5) is 0 Å². The van der Waals surface area contributed by atoms with E-state index in [-0.39, 0.29) is 6.61 Å². The molecule has 4 N–H and O–H groups in total. The van der Waals surface area contributed by atoms with Crippen molar-refractivity contribution in [2.75, 3.05) is 33.0 Å². The minimum absolute atomic E-state index is 0.0113. The van der Waals surface area contributed by atoms with Gasteiger partial charge in [-0.05, 0) is 32.2 Å². The van der Waals surface area contributed by atoms with Crippen LogP contribution in [0.25, 0.3) is 0 Å². The van der Waals surface area contributed by atoms with Crippen molar-refractivity contribution in [3.05, 3.63) is 0 Å². The molecule has 0 rings (SSSR count). The summed E-state index contributed by atoms with van der Waals surface area (Å²) in [6.45, 7) is 2.82. The van der Waals surface area contributed by atoms with Crippen LogP contribution < -0.4 is 11.5 Å². The van der Waals surface area contributed by atoms with Crippen LogP contribution in [-0.2, 0) is 14.3 Å². The number of ether oxygens (including phenoxy) is 2. The van der Waals surface area contributed by atoms with Gasteiger partial charge in [-0.15, -0.1) is 0 Å². The van der Waals surface area contributed by atoms with E-state index >= 15 is 0 Å². The highest BCUT2D eigenvalue weighted by atomic mass is 16.5. The molecule has 0 aliphatic heterocycles. The zero-order valence-electron chi connectivity index (χ0n) is 9.24. The number of amides is 1. The highest BCUT2D eigenvalue weighted by molar-refractivity contribution is 5.74. The fourth-order valence-electron chi connectivity index (χ4n) is 1.03. The van der Waals surface area contributed by atoms with E-state index in [1.807, 2.05) is 0 Å². The van der Waals surface area contributed by atoms with Crippen molar-refractivity contribution in [1.29, 1.82) is 0 Å². The van der Waals surface area contributed by atoms with Gasteiger partial charge < -0.3 is 20.9 Å². The van der Waals surface area contributed by atoms with Crippen molar-refractivity contribution in [2.24, 2.45) is 11.5 Å². The van der Waals surface area contributed by atoms with Gasteiger partial charge in [0.15, 0.2) is 0 Å². The fraction of sp³-hybridized carbons (Fsp3) is 0.900. The Morgan fingerprint density at radius 3 is 2.00 bits per heavy atom. The number of nitrogens with two attached hydrogens (primary N) is 2. The summed E-state index contributed by atoms with van der Waals surface area (Å²) in [4.78, 5) is 10.3. The Morgan fingerprint density at radius 1 is 0.933 bits per heavy atom. The van der Waals surface area contributed by atoms with Crippen LogP contribution in [0.15, 0.2) is 0 Å². The molecule has 1 amide bonds. The monoisotopic (exact) mass is 218 g/mol. The average Bonchev–Trinajstić information content (AvgIpc) is 2.20. The lowest BCUT2D eigenvalue weighted by Gasteiger charge is -2.04. The van der Waals surface area contributed by atoms with Crippen LogP contribution in [0.3, 0.4) is 0 Å². The summed E-state index contributed by atoms with van der Waals surface area (Å²) in [5.74, 6) is -0.423. The molecule has 0 spiro atoms. The molecular weight excluding hydrogens is 196 g/mol. The van der Waals surface area contributed by atoms with E-state index in [2.05, 4.69) is 0 Å². The van der Waals surface area contributed by atoms with E-state index in [9.17, 15) is 4.79 Å². The highest BCUT2D eigenvalue weighted by Gasteiger charge is 1.94. The largest absolute Gasteiger partial charge is 0.381 e. The first-order chi connectivity index (χ1) is 7.27. The third-order valence-electron chi connectivity index (χ3n) is 1.81. The minimum Gasteiger partial charge on any atom is -0.381 e. The number of hydrogen-bond donors (Lipinski definition) is 2. The number of rotatable bonds is 11. The van der Waals surface area contributed by atoms with Gasteiger partial charge in [0.2, 0.25) is 5.91 Å². The standard InChI is InChI=1S/C10H22N2O3/c11-5-1-2-6-14-7-3-4-8-15-9-10(12)13/h1-9,11H2,(H2,12,13). The first kappa shape index (κ1) is 14.3. The van der Waals surface area contributed by atoms with E-state index in [1.165, 1.54) is 0 Å². The van der Waals surface area contributed by atoms with Crippen LogP contribution in [0.2, 0.25) is 0 Å². The van der Waals surface area contributed by atoms with Crippen molar-refractivity contribution in [3.63, 3.8) is 0 Å². The van der Waals surface area contributed by atoms with Crippen LogP contribution in [0.1, 0.15) is 25.7 Å². The Hall–Kier alpha value is -0.650. The van der Waals surface area contributed by atoms with Crippen LogP contribution in [-0.4, -0.2) is 38.9 Å². The summed E-state index contributed by atoms with van der Waals surface area (Å²) in [7, 11) is 0. The normalized spacial score (nSPS) is 10.5. The van der Waals surface area contributed by atoms with Crippen molar-refractivity contribution in [2.45, 2.75) is 25.7 Å². The molecule has 0 aliphatic rings. The van der Waals surface area contributed by atoms with Crippen LogP contribution >= 0.6 is 0 Å². The molecule has 0 aromatic carbocycles. The molecule has 0 aromatic heterocycles. The van der Waals surface area contributed by atoms with E-state index in [4.69, 9.17) is 20.9 Å². The Balaban J connectivity index is 2.89. The Kier molecular flexibility index (Phi) is 10.9. The van der Waals surface area contributed by atoms with Crippen LogP contribution in [0, 0.1) is 0 Å². The van der Waals surface area contributed by atoms with Gasteiger partial charge in [0.1, 0.15) is 6.61 Å². The maximum Gasteiger partial charge on any atom is 0.243 e. The molecule has 0 aliphatic carbocycles. The molecule has 15 heavy (non-hydrogen) atoms. The summed E-state index contributed by atoms with van der Waals surface area (Å²) in [5.41, 5.74) is 10.2. The lowest BCUT2D eigenvalue weighted by atomic mass is 10.3. The molecule has 0 heterocycles. The van der Waals surface area contributed by atoms with Crippen molar-refractivity contribution >= 4 is 5.91 Å². The average molecular weight is 218 g/mol. The van der Waals surface area contributed by atoms with Gasteiger partial charge in [-0.25, -0.2) is 0 Å². The van der Waals surface area contributed by atoms with Crippen LogP contribution in [0.5, 0.6) is 0 Å². The molecular formula is C10H22N2O3. The molecule has 0 atom stereocenters. The molecule has 0 saturated carbocycles. The predicted molar refractivity (Wildman–Crippen MR) is 58.4 cm³/mol. The third kappa shape index (κ3) is 13.3. The molecule has 0 saturated heterocycles. The minimum atomic E-state index is -0.423. The van der Waals surface area contributed by atoms with Gasteiger partial charge in [0.25, 0.3) is 0 Å². The first-order valence-corrected chi connectivity index (χ1v) is 5.41. The zero-order valence-corrected chi connectivity index (χ0v) is 9.24. The molecule has 0 fully saturated rings. The van der Waals surface area contributed by atoms with Gasteiger partial charge >= 0.3 is 0 Å². The second kappa shape index (κ2) is 11.4. The molecule has 0 radical (unpaired) electrons. The summed E-state index contributed by atoms with van der Waals surface area (Å²) >= 11 is 0. The number of unbranched alkanes of at least 4 members (excludes halogenated alkanes) is 2. The number of hydrogen-bond acceptors (Lipinski definition) is 4. The number of carbonyl (C=O) groups excluding carboxylic acids is 1. The van der Waals surface area contributed by atoms with E-state index in [0.29, 0.717) is 6.61 Å². The fourth-order valence-corrected chi connectivity index (χ4v) is 1.03. The molecule has 5 heteroatoms. The molecule has 0 bridgehead atoms. The van der Waals surface area contributed by atoms with Crippen molar-refractivity contribution in [3.8, 4) is 0 Å². The lowest BCUT2D eigenvalue weighted by molar-refractivity contribution is -0.122. The SMILES string of the molecule is NCCCCOCCCCOCC(N)=O. The maximum atomic E-state index is 10.3. The maximum absolute atomic E-state index is 10.3. The Bertz CT molecular complexity index is 154. The van der Waals surface area contributed by atoms with E-state index < -0.39 is 5.91 Å². The Labute approximate surface area is 91.1 Å². The summed E-state index contributed by atoms with van der Waals surface area (Å²) < 4.78 is 10.4. The van der Waals surface area contributed by atoms with E-state index in [0.717, 1.165) is 45.4 Å². The number of carbonyl (C=O) groups is 1. The molecule has 5 nitrogen and oxygen atoms in total. The summed E-state index contributed by atoms with van der Waals surface area (Å²) in [6.07, 6.45) is 3.88. The third-order valence-corrected chi connectivity index (χ3v) is 1.81. The molecule has 90 valence electrons. The van der Waals surface area contributed by atoms with Gasteiger partial charge in [-0.1, -0.05) is 0 Å². The molecule has 0 aromatic rings. The second-order valence-corrected chi connectivity index (χ2v) is 3.33. The summed E-state index contributed by atoms with van der Waals surface area (Å²) in [6, 6.07) is 0. The van der Waals surface area contributed by atoms with Gasteiger partial charge in [0, 0.05) is 19.8 Å². The quantitative estimate of drug-likeness (QED) is 0.479. The van der Waals surface area contributed by atoms with Crippen molar-refractivity contribution in [1.82, 2.24) is 0 Å². The van der Waals surface area contributed by atoms with Gasteiger partial charge in [-0.3, -0.25) is 4.79 Å². The molecule has 0 unspecified atom stereocenters.